The van der Waals surface area contributed by atoms with Gasteiger partial charge in [0.2, 0.25) is 5.95 Å². The summed E-state index contributed by atoms with van der Waals surface area (Å²) in [7, 11) is 0. The number of amides is 2. The van der Waals surface area contributed by atoms with Crippen LogP contribution in [0.2, 0.25) is 0 Å². The van der Waals surface area contributed by atoms with E-state index in [2.05, 4.69) is 66.9 Å². The highest BCUT2D eigenvalue weighted by molar-refractivity contribution is 8.18. The van der Waals surface area contributed by atoms with Crippen LogP contribution in [-0.2, 0) is 11.3 Å². The molecule has 0 spiro atoms. The summed E-state index contributed by atoms with van der Waals surface area (Å²) >= 11 is 0.890. The third-order valence-corrected chi connectivity index (χ3v) is 8.76. The molecule has 0 bridgehead atoms. The van der Waals surface area contributed by atoms with Crippen molar-refractivity contribution in [3.8, 4) is 11.3 Å². The molecule has 10 heteroatoms. The highest BCUT2D eigenvalue weighted by atomic mass is 32.2. The number of aromatic nitrogens is 4. The van der Waals surface area contributed by atoms with Gasteiger partial charge in [0.05, 0.1) is 27.5 Å². The van der Waals surface area contributed by atoms with Crippen molar-refractivity contribution in [1.82, 2.24) is 30.6 Å². The second-order valence-electron chi connectivity index (χ2n) is 10.7. The van der Waals surface area contributed by atoms with Crippen molar-refractivity contribution in [2.75, 3.05) is 24.5 Å². The average Bonchev–Trinajstić information content (AvgIpc) is 3.36. The van der Waals surface area contributed by atoms with Crippen LogP contribution in [-0.4, -0.2) is 50.7 Å². The number of rotatable bonds is 7. The highest BCUT2D eigenvalue weighted by Gasteiger charge is 2.26. The lowest BCUT2D eigenvalue weighted by Gasteiger charge is -2.32. The van der Waals surface area contributed by atoms with Crippen molar-refractivity contribution >= 4 is 56.6 Å². The van der Waals surface area contributed by atoms with Crippen LogP contribution in [0.15, 0.2) is 84.0 Å². The van der Waals surface area contributed by atoms with Crippen molar-refractivity contribution in [2.24, 2.45) is 5.92 Å². The minimum Gasteiger partial charge on any atom is -0.341 e. The largest absolute Gasteiger partial charge is 0.341 e. The second kappa shape index (κ2) is 11.9. The Labute approximate surface area is 252 Å². The number of benzene rings is 2. The van der Waals surface area contributed by atoms with Crippen LogP contribution < -0.4 is 15.5 Å². The maximum atomic E-state index is 11.9. The Hall–Kier alpha value is -4.67. The molecule has 2 aliphatic heterocycles. The van der Waals surface area contributed by atoms with E-state index in [9.17, 15) is 9.59 Å². The van der Waals surface area contributed by atoms with E-state index in [1.54, 1.807) is 18.3 Å². The van der Waals surface area contributed by atoms with E-state index in [1.807, 2.05) is 30.5 Å². The van der Waals surface area contributed by atoms with Gasteiger partial charge in [-0.1, -0.05) is 42.5 Å². The van der Waals surface area contributed by atoms with Gasteiger partial charge in [-0.2, -0.15) is 0 Å². The maximum absolute atomic E-state index is 11.9. The van der Waals surface area contributed by atoms with Crippen molar-refractivity contribution in [1.29, 1.82) is 0 Å². The number of thioether (sulfide) groups is 1. The van der Waals surface area contributed by atoms with Crippen LogP contribution >= 0.6 is 11.8 Å². The monoisotopic (exact) mass is 587 g/mol. The fourth-order valence-corrected chi connectivity index (χ4v) is 6.41. The standard InChI is InChI=1S/C33H29N7O2S/c41-31-30(43-33(42)39-31)18-23-9-13-36-32(37-23)40-15-11-21(12-16-40)19-34-20-29-24-6-2-1-5-22(24)17-28(38-29)26-10-14-35-27-8-4-3-7-25(26)27/h1-10,13-14,17-18,21,34H,11-12,15-16,19-20H2,(H,39,41,42)/b30-18-. The fourth-order valence-electron chi connectivity index (χ4n) is 5.74. The lowest BCUT2D eigenvalue weighted by molar-refractivity contribution is -0.115. The summed E-state index contributed by atoms with van der Waals surface area (Å²) in [6.45, 7) is 3.29. The zero-order valence-electron chi connectivity index (χ0n) is 23.4. The Balaban J connectivity index is 1.01. The van der Waals surface area contributed by atoms with E-state index in [1.165, 1.54) is 5.39 Å². The number of para-hydroxylation sites is 1. The number of fused-ring (bicyclic) bond motifs is 2. The number of hydrogen-bond acceptors (Lipinski definition) is 9. The summed E-state index contributed by atoms with van der Waals surface area (Å²) in [6.07, 6.45) is 7.22. The topological polar surface area (TPSA) is 113 Å². The molecule has 2 N–H and O–H groups in total. The quantitative estimate of drug-likeness (QED) is 0.236. The predicted octanol–water partition coefficient (Wildman–Crippen LogP) is 5.57. The van der Waals surface area contributed by atoms with Crippen LogP contribution in [0.25, 0.3) is 39.0 Å². The van der Waals surface area contributed by atoms with Gasteiger partial charge in [0.15, 0.2) is 0 Å². The first-order chi connectivity index (χ1) is 21.1. The fraction of sp³-hybridized carbons (Fsp3) is 0.212. The molecule has 43 heavy (non-hydrogen) atoms. The lowest BCUT2D eigenvalue weighted by atomic mass is 9.97. The van der Waals surface area contributed by atoms with Gasteiger partial charge in [-0.15, -0.1) is 0 Å². The molecule has 0 saturated carbocycles. The molecule has 2 saturated heterocycles. The number of pyridine rings is 2. The van der Waals surface area contributed by atoms with Crippen molar-refractivity contribution in [3.05, 3.63) is 95.4 Å². The molecule has 5 aromatic rings. The number of carbonyl (C=O) groups is 2. The number of piperidine rings is 1. The normalized spacial score (nSPS) is 16.8. The Bertz CT molecular complexity index is 1880. The molecule has 5 heterocycles. The molecule has 2 amide bonds. The molecular formula is C33H29N7O2S. The van der Waals surface area contributed by atoms with Crippen molar-refractivity contribution in [2.45, 2.75) is 19.4 Å². The SMILES string of the molecule is O=C1NC(=O)/C(=C/c2ccnc(N3CCC(CNCc4nc(-c5ccnc6ccccc56)cc5ccccc45)CC3)n2)S1. The van der Waals surface area contributed by atoms with Crippen LogP contribution in [0.3, 0.4) is 0 Å². The zero-order valence-corrected chi connectivity index (χ0v) is 24.2. The molecule has 2 aromatic carbocycles. The van der Waals surface area contributed by atoms with Gasteiger partial charge in [0.1, 0.15) is 0 Å². The van der Waals surface area contributed by atoms with Gasteiger partial charge >= 0.3 is 0 Å². The minimum absolute atomic E-state index is 0.348. The molecule has 0 radical (unpaired) electrons. The average molecular weight is 588 g/mol. The molecule has 9 nitrogen and oxygen atoms in total. The summed E-state index contributed by atoms with van der Waals surface area (Å²) in [4.78, 5) is 44.7. The van der Waals surface area contributed by atoms with E-state index in [0.29, 0.717) is 29.0 Å². The van der Waals surface area contributed by atoms with Crippen molar-refractivity contribution in [3.63, 3.8) is 0 Å². The van der Waals surface area contributed by atoms with Crippen LogP contribution in [0.4, 0.5) is 10.7 Å². The van der Waals surface area contributed by atoms with Crippen LogP contribution in [0.5, 0.6) is 0 Å². The number of nitrogens with one attached hydrogen (secondary N) is 2. The van der Waals surface area contributed by atoms with E-state index in [-0.39, 0.29) is 11.1 Å². The minimum atomic E-state index is -0.385. The van der Waals surface area contributed by atoms with Gasteiger partial charge in [-0.05, 0) is 72.8 Å². The van der Waals surface area contributed by atoms with E-state index >= 15 is 0 Å². The summed E-state index contributed by atoms with van der Waals surface area (Å²) in [6, 6.07) is 22.6. The summed E-state index contributed by atoms with van der Waals surface area (Å²) in [5, 5.41) is 9.04. The van der Waals surface area contributed by atoms with Crippen LogP contribution in [0.1, 0.15) is 24.2 Å². The first-order valence-electron chi connectivity index (χ1n) is 14.4. The Morgan fingerprint density at radius 2 is 1.72 bits per heavy atom. The molecule has 0 unspecified atom stereocenters. The number of nitrogens with zero attached hydrogens (tertiary/aromatic N) is 5. The molecule has 3 aromatic heterocycles. The number of imide groups is 1. The smallest absolute Gasteiger partial charge is 0.290 e. The third-order valence-electron chi connectivity index (χ3n) is 7.95. The van der Waals surface area contributed by atoms with Gasteiger partial charge < -0.3 is 10.2 Å². The van der Waals surface area contributed by atoms with Gasteiger partial charge in [-0.25, -0.2) is 9.97 Å². The molecule has 0 aliphatic carbocycles. The molecule has 2 aliphatic rings. The zero-order chi connectivity index (χ0) is 29.2. The Kier molecular flexibility index (Phi) is 7.53. The number of carbonyl (C=O) groups excluding carboxylic acids is 2. The molecule has 2 fully saturated rings. The van der Waals surface area contributed by atoms with E-state index in [4.69, 9.17) is 4.98 Å². The highest BCUT2D eigenvalue weighted by Crippen LogP contribution is 2.30. The van der Waals surface area contributed by atoms with E-state index < -0.39 is 0 Å². The lowest BCUT2D eigenvalue weighted by Crippen LogP contribution is -2.38. The van der Waals surface area contributed by atoms with Gasteiger partial charge in [0.25, 0.3) is 11.1 Å². The predicted molar refractivity (Wildman–Crippen MR) is 170 cm³/mol. The molecule has 7 rings (SSSR count). The number of anilines is 1. The first kappa shape index (κ1) is 27.2. The first-order valence-corrected chi connectivity index (χ1v) is 15.2. The third kappa shape index (κ3) is 5.84. The Morgan fingerprint density at radius 3 is 2.56 bits per heavy atom. The summed E-state index contributed by atoms with van der Waals surface area (Å²) < 4.78 is 0. The van der Waals surface area contributed by atoms with E-state index in [0.717, 1.165) is 77.5 Å². The number of hydrogen-bond donors (Lipinski definition) is 2. The molecular weight excluding hydrogens is 558 g/mol. The second-order valence-corrected chi connectivity index (χ2v) is 11.8. The van der Waals surface area contributed by atoms with Crippen molar-refractivity contribution < 1.29 is 9.59 Å². The molecule has 214 valence electrons. The molecule has 0 atom stereocenters. The van der Waals surface area contributed by atoms with Crippen LogP contribution in [0, 0.1) is 5.92 Å². The summed E-state index contributed by atoms with van der Waals surface area (Å²) in [5.41, 5.74) is 4.67. The summed E-state index contributed by atoms with van der Waals surface area (Å²) in [5.74, 6) is 0.792. The van der Waals surface area contributed by atoms with Gasteiger partial charge in [0, 0.05) is 48.4 Å². The van der Waals surface area contributed by atoms with Gasteiger partial charge in [-0.3, -0.25) is 24.9 Å². The Morgan fingerprint density at radius 1 is 0.930 bits per heavy atom. The maximum Gasteiger partial charge on any atom is 0.290 e.